The first-order chi connectivity index (χ1) is 8.72. The van der Waals surface area contributed by atoms with Crippen molar-refractivity contribution < 1.29 is 9.18 Å². The van der Waals surface area contributed by atoms with Gasteiger partial charge in [0.1, 0.15) is 0 Å². The molecule has 0 aromatic carbocycles. The van der Waals surface area contributed by atoms with Crippen LogP contribution in [0.1, 0.15) is 43.0 Å². The number of amides is 1. The molecule has 18 heavy (non-hydrogen) atoms. The fourth-order valence-electron chi connectivity index (χ4n) is 2.49. The number of hydrogen-bond donors (Lipinski definition) is 0. The van der Waals surface area contributed by atoms with E-state index in [9.17, 15) is 9.18 Å². The summed E-state index contributed by atoms with van der Waals surface area (Å²) in [6.07, 6.45) is 5.71. The molecule has 0 saturated carbocycles. The number of nitrogens with zero attached hydrogens (tertiary/aromatic N) is 2. The minimum Gasteiger partial charge on any atom is -0.338 e. The van der Waals surface area contributed by atoms with E-state index in [-0.39, 0.29) is 11.5 Å². The van der Waals surface area contributed by atoms with Crippen molar-refractivity contribution in [1.29, 1.82) is 0 Å². The van der Waals surface area contributed by atoms with Crippen molar-refractivity contribution in [2.24, 2.45) is 5.92 Å². The largest absolute Gasteiger partial charge is 0.338 e. The number of hydrogen-bond acceptors (Lipinski definition) is 2. The summed E-state index contributed by atoms with van der Waals surface area (Å²) >= 11 is 0. The van der Waals surface area contributed by atoms with Crippen LogP contribution in [0, 0.1) is 11.9 Å². The average Bonchev–Trinajstić information content (AvgIpc) is 2.63. The van der Waals surface area contributed by atoms with E-state index in [1.165, 1.54) is 12.3 Å². The lowest BCUT2D eigenvalue weighted by Gasteiger charge is -2.20. The lowest BCUT2D eigenvalue weighted by Crippen LogP contribution is -2.32. The highest BCUT2D eigenvalue weighted by Gasteiger charge is 2.22. The maximum absolute atomic E-state index is 13.5. The minimum absolute atomic E-state index is 0.0902. The van der Waals surface area contributed by atoms with Crippen LogP contribution in [0.4, 0.5) is 4.39 Å². The smallest absolute Gasteiger partial charge is 0.258 e. The Hall–Kier alpha value is -1.45. The molecule has 0 bridgehead atoms. The normalized spacial score (nSPS) is 20.6. The van der Waals surface area contributed by atoms with E-state index in [0.717, 1.165) is 38.8 Å². The van der Waals surface area contributed by atoms with E-state index >= 15 is 0 Å². The monoisotopic (exact) mass is 250 g/mol. The van der Waals surface area contributed by atoms with Crippen LogP contribution in [-0.2, 0) is 0 Å². The van der Waals surface area contributed by atoms with Gasteiger partial charge in [0.2, 0.25) is 5.95 Å². The zero-order chi connectivity index (χ0) is 13.0. The molecule has 1 aliphatic rings. The molecule has 3 nitrogen and oxygen atoms in total. The van der Waals surface area contributed by atoms with Crippen LogP contribution in [0.25, 0.3) is 0 Å². The van der Waals surface area contributed by atoms with Crippen LogP contribution in [0.3, 0.4) is 0 Å². The maximum Gasteiger partial charge on any atom is 0.258 e. The van der Waals surface area contributed by atoms with E-state index in [0.29, 0.717) is 5.92 Å². The van der Waals surface area contributed by atoms with Crippen LogP contribution in [0.15, 0.2) is 18.3 Å². The van der Waals surface area contributed by atoms with Gasteiger partial charge in [-0.3, -0.25) is 4.79 Å². The zero-order valence-electron chi connectivity index (χ0n) is 10.7. The first kappa shape index (κ1) is 13.0. The number of carbonyl (C=O) groups is 1. The summed E-state index contributed by atoms with van der Waals surface area (Å²) in [5.41, 5.74) is 0.0902. The Kier molecular flexibility index (Phi) is 4.28. The van der Waals surface area contributed by atoms with Gasteiger partial charge in [-0.05, 0) is 37.3 Å². The van der Waals surface area contributed by atoms with Gasteiger partial charge in [-0.15, -0.1) is 0 Å². The summed E-state index contributed by atoms with van der Waals surface area (Å²) in [7, 11) is 0. The van der Waals surface area contributed by atoms with Gasteiger partial charge in [0.05, 0.1) is 5.56 Å². The standard InChI is InChI=1S/C14H19FN2O/c1-2-11-5-4-9-17(10-7-11)14(18)12-6-3-8-16-13(12)15/h3,6,8,11H,2,4-5,7,9-10H2,1H3. The highest BCUT2D eigenvalue weighted by Crippen LogP contribution is 2.21. The van der Waals surface area contributed by atoms with Crippen molar-refractivity contribution in [2.75, 3.05) is 13.1 Å². The molecule has 1 unspecified atom stereocenters. The maximum atomic E-state index is 13.5. The summed E-state index contributed by atoms with van der Waals surface area (Å²) < 4.78 is 13.5. The molecule has 2 heterocycles. The Balaban J connectivity index is 2.08. The molecule has 1 aromatic heterocycles. The topological polar surface area (TPSA) is 33.2 Å². The van der Waals surface area contributed by atoms with Crippen molar-refractivity contribution in [2.45, 2.75) is 32.6 Å². The van der Waals surface area contributed by atoms with Crippen LogP contribution >= 0.6 is 0 Å². The third-order valence-electron chi connectivity index (χ3n) is 3.70. The van der Waals surface area contributed by atoms with E-state index in [1.54, 1.807) is 11.0 Å². The Morgan fingerprint density at radius 1 is 1.50 bits per heavy atom. The lowest BCUT2D eigenvalue weighted by atomic mass is 9.98. The summed E-state index contributed by atoms with van der Waals surface area (Å²) in [5.74, 6) is -0.197. The van der Waals surface area contributed by atoms with Crippen molar-refractivity contribution in [1.82, 2.24) is 9.88 Å². The molecule has 1 saturated heterocycles. The third kappa shape index (κ3) is 2.86. The molecular formula is C14H19FN2O. The quantitative estimate of drug-likeness (QED) is 0.756. The number of aromatic nitrogens is 1. The number of carbonyl (C=O) groups excluding carboxylic acids is 1. The van der Waals surface area contributed by atoms with Crippen LogP contribution < -0.4 is 0 Å². The molecule has 1 atom stereocenters. The van der Waals surface area contributed by atoms with Crippen molar-refractivity contribution in [3.63, 3.8) is 0 Å². The van der Waals surface area contributed by atoms with E-state index in [1.807, 2.05) is 0 Å². The summed E-state index contributed by atoms with van der Waals surface area (Å²) in [6.45, 7) is 3.64. The van der Waals surface area contributed by atoms with Crippen LogP contribution in [-0.4, -0.2) is 28.9 Å². The Bertz CT molecular complexity index is 422. The molecule has 2 rings (SSSR count). The van der Waals surface area contributed by atoms with Crippen molar-refractivity contribution >= 4 is 5.91 Å². The summed E-state index contributed by atoms with van der Waals surface area (Å²) in [6, 6.07) is 3.11. The van der Waals surface area contributed by atoms with E-state index in [2.05, 4.69) is 11.9 Å². The Morgan fingerprint density at radius 3 is 3.06 bits per heavy atom. The Morgan fingerprint density at radius 2 is 2.33 bits per heavy atom. The second kappa shape index (κ2) is 5.94. The lowest BCUT2D eigenvalue weighted by molar-refractivity contribution is 0.0754. The van der Waals surface area contributed by atoms with Crippen molar-refractivity contribution in [3.05, 3.63) is 29.8 Å². The van der Waals surface area contributed by atoms with Gasteiger partial charge in [0.15, 0.2) is 0 Å². The SMILES string of the molecule is CCC1CCCN(C(=O)c2cccnc2F)CC1. The molecule has 98 valence electrons. The molecule has 0 aliphatic carbocycles. The molecule has 1 aromatic rings. The van der Waals surface area contributed by atoms with E-state index in [4.69, 9.17) is 0 Å². The van der Waals surface area contributed by atoms with Gasteiger partial charge in [0, 0.05) is 19.3 Å². The molecule has 1 fully saturated rings. The summed E-state index contributed by atoms with van der Waals surface area (Å²) in [5, 5.41) is 0. The van der Waals surface area contributed by atoms with Gasteiger partial charge in [0.25, 0.3) is 5.91 Å². The van der Waals surface area contributed by atoms with E-state index < -0.39 is 5.95 Å². The Labute approximate surface area is 107 Å². The van der Waals surface area contributed by atoms with Crippen molar-refractivity contribution in [3.8, 4) is 0 Å². The van der Waals surface area contributed by atoms with Gasteiger partial charge in [-0.2, -0.15) is 4.39 Å². The molecule has 4 heteroatoms. The number of rotatable bonds is 2. The van der Waals surface area contributed by atoms with Crippen LogP contribution in [0.5, 0.6) is 0 Å². The fourth-order valence-corrected chi connectivity index (χ4v) is 2.49. The second-order valence-electron chi connectivity index (χ2n) is 4.84. The first-order valence-corrected chi connectivity index (χ1v) is 6.62. The average molecular weight is 250 g/mol. The first-order valence-electron chi connectivity index (χ1n) is 6.62. The molecule has 0 spiro atoms. The summed E-state index contributed by atoms with van der Waals surface area (Å²) in [4.78, 5) is 17.5. The van der Waals surface area contributed by atoms with Gasteiger partial charge >= 0.3 is 0 Å². The van der Waals surface area contributed by atoms with Gasteiger partial charge in [-0.1, -0.05) is 13.3 Å². The molecular weight excluding hydrogens is 231 g/mol. The number of likely N-dealkylation sites (tertiary alicyclic amines) is 1. The highest BCUT2D eigenvalue weighted by molar-refractivity contribution is 5.94. The van der Waals surface area contributed by atoms with Gasteiger partial charge in [-0.25, -0.2) is 4.98 Å². The predicted octanol–water partition coefficient (Wildman–Crippen LogP) is 2.87. The third-order valence-corrected chi connectivity index (χ3v) is 3.70. The molecule has 1 aliphatic heterocycles. The van der Waals surface area contributed by atoms with Gasteiger partial charge < -0.3 is 4.90 Å². The fraction of sp³-hybridized carbons (Fsp3) is 0.571. The minimum atomic E-state index is -0.668. The molecule has 0 radical (unpaired) electrons. The predicted molar refractivity (Wildman–Crippen MR) is 67.7 cm³/mol. The zero-order valence-corrected chi connectivity index (χ0v) is 10.7. The second-order valence-corrected chi connectivity index (χ2v) is 4.84. The molecule has 1 amide bonds. The number of halogens is 1. The highest BCUT2D eigenvalue weighted by atomic mass is 19.1. The van der Waals surface area contributed by atoms with Crippen LogP contribution in [0.2, 0.25) is 0 Å². The molecule has 0 N–H and O–H groups in total. The number of pyridine rings is 1.